The number of β-amino-alcohol motifs (C(OH)–C–C–N with tert-alkyl or cyclic N) is 1. The molecule has 1 fully saturated rings. The van der Waals surface area contributed by atoms with E-state index in [-0.39, 0.29) is 18.4 Å². The summed E-state index contributed by atoms with van der Waals surface area (Å²) in [7, 11) is 0. The van der Waals surface area contributed by atoms with E-state index in [0.29, 0.717) is 25.2 Å². The Morgan fingerprint density at radius 2 is 1.79 bits per heavy atom. The van der Waals surface area contributed by atoms with Crippen molar-refractivity contribution in [2.45, 2.75) is 25.6 Å². The molecule has 3 heterocycles. The molecule has 0 radical (unpaired) electrons. The van der Waals surface area contributed by atoms with Crippen LogP contribution in [0.3, 0.4) is 0 Å². The van der Waals surface area contributed by atoms with Gasteiger partial charge in [0.25, 0.3) is 11.8 Å². The van der Waals surface area contributed by atoms with Crippen LogP contribution < -0.4 is 0 Å². The second-order valence-electron chi connectivity index (χ2n) is 8.02. The van der Waals surface area contributed by atoms with Crippen LogP contribution in [-0.4, -0.2) is 74.9 Å². The fraction of sp³-hybridized carbons (Fsp3) is 0.409. The number of fused-ring (bicyclic) bond motifs is 1. The van der Waals surface area contributed by atoms with Gasteiger partial charge in [0, 0.05) is 57.2 Å². The van der Waals surface area contributed by atoms with Crippen LogP contribution in [0.5, 0.6) is 0 Å². The lowest BCUT2D eigenvalue weighted by atomic mass is 10.0. The van der Waals surface area contributed by atoms with Crippen LogP contribution in [0.2, 0.25) is 0 Å². The largest absolute Gasteiger partial charge is 0.378 e. The number of pyridine rings is 1. The first-order chi connectivity index (χ1) is 13.9. The monoisotopic (exact) mass is 394 g/mol. The number of carbonyl (C=O) groups is 2. The first-order valence-electron chi connectivity index (χ1n) is 9.94. The standard InChI is InChI=1S/C22H26N4O3/c1-22(29,16-26-15-18-4-2-3-5-19(18)20(26)27)21(28)25-12-10-24(11-13-25)14-17-6-8-23-9-7-17/h2-9,29H,10-16H2,1H3. The first kappa shape index (κ1) is 19.5. The van der Waals surface area contributed by atoms with Crippen molar-refractivity contribution in [3.8, 4) is 0 Å². The number of rotatable bonds is 5. The van der Waals surface area contributed by atoms with Crippen molar-refractivity contribution in [2.24, 2.45) is 0 Å². The molecular weight excluding hydrogens is 368 g/mol. The Morgan fingerprint density at radius 3 is 2.48 bits per heavy atom. The van der Waals surface area contributed by atoms with Crippen LogP contribution in [0.4, 0.5) is 0 Å². The molecule has 2 aromatic rings. The summed E-state index contributed by atoms with van der Waals surface area (Å²) < 4.78 is 0. The molecule has 29 heavy (non-hydrogen) atoms. The van der Waals surface area contributed by atoms with Crippen LogP contribution in [-0.2, 0) is 17.9 Å². The van der Waals surface area contributed by atoms with E-state index in [0.717, 1.165) is 25.2 Å². The van der Waals surface area contributed by atoms with Crippen molar-refractivity contribution in [3.05, 3.63) is 65.5 Å². The van der Waals surface area contributed by atoms with Crippen LogP contribution in [0.15, 0.2) is 48.8 Å². The third kappa shape index (κ3) is 4.16. The molecule has 4 rings (SSSR count). The molecule has 7 nitrogen and oxygen atoms in total. The van der Waals surface area contributed by atoms with Gasteiger partial charge in [0.05, 0.1) is 6.54 Å². The molecule has 152 valence electrons. The van der Waals surface area contributed by atoms with Gasteiger partial charge in [-0.05, 0) is 36.2 Å². The highest BCUT2D eigenvalue weighted by atomic mass is 16.3. The number of hydrogen-bond acceptors (Lipinski definition) is 5. The summed E-state index contributed by atoms with van der Waals surface area (Å²) >= 11 is 0. The van der Waals surface area contributed by atoms with Crippen molar-refractivity contribution in [1.82, 2.24) is 19.7 Å². The molecule has 0 spiro atoms. The van der Waals surface area contributed by atoms with Gasteiger partial charge in [-0.25, -0.2) is 0 Å². The van der Waals surface area contributed by atoms with Crippen LogP contribution in [0.1, 0.15) is 28.4 Å². The summed E-state index contributed by atoms with van der Waals surface area (Å²) in [4.78, 5) is 35.1. The Kier molecular flexibility index (Phi) is 5.34. The van der Waals surface area contributed by atoms with Crippen LogP contribution in [0.25, 0.3) is 0 Å². The minimum absolute atomic E-state index is 0.00340. The smallest absolute Gasteiger partial charge is 0.256 e. The number of benzene rings is 1. The van der Waals surface area contributed by atoms with E-state index >= 15 is 0 Å². The van der Waals surface area contributed by atoms with Crippen LogP contribution >= 0.6 is 0 Å². The number of nitrogens with zero attached hydrogens (tertiary/aromatic N) is 4. The van der Waals surface area contributed by atoms with Gasteiger partial charge >= 0.3 is 0 Å². The van der Waals surface area contributed by atoms with E-state index in [2.05, 4.69) is 9.88 Å². The zero-order valence-corrected chi connectivity index (χ0v) is 16.6. The number of carbonyl (C=O) groups excluding carboxylic acids is 2. The normalized spacial score (nSPS) is 19.2. The average Bonchev–Trinajstić information content (AvgIpc) is 3.04. The highest BCUT2D eigenvalue weighted by molar-refractivity contribution is 5.98. The van der Waals surface area contributed by atoms with Crippen molar-refractivity contribution >= 4 is 11.8 Å². The van der Waals surface area contributed by atoms with Crippen molar-refractivity contribution < 1.29 is 14.7 Å². The predicted molar refractivity (Wildman–Crippen MR) is 108 cm³/mol. The van der Waals surface area contributed by atoms with E-state index in [1.807, 2.05) is 30.3 Å². The molecule has 1 atom stereocenters. The number of piperazine rings is 1. The lowest BCUT2D eigenvalue weighted by Crippen LogP contribution is -2.57. The second kappa shape index (κ2) is 7.93. The molecule has 1 aromatic heterocycles. The molecule has 0 bridgehead atoms. The third-order valence-electron chi connectivity index (χ3n) is 5.67. The quantitative estimate of drug-likeness (QED) is 0.823. The van der Waals surface area contributed by atoms with E-state index < -0.39 is 5.60 Å². The van der Waals surface area contributed by atoms with Gasteiger partial charge in [0.15, 0.2) is 5.60 Å². The third-order valence-corrected chi connectivity index (χ3v) is 5.67. The van der Waals surface area contributed by atoms with E-state index in [1.54, 1.807) is 28.3 Å². The molecule has 2 aliphatic heterocycles. The fourth-order valence-electron chi connectivity index (χ4n) is 4.08. The summed E-state index contributed by atoms with van der Waals surface area (Å²) in [6.45, 7) is 5.38. The van der Waals surface area contributed by atoms with Gasteiger partial charge in [-0.3, -0.25) is 19.5 Å². The zero-order chi connectivity index (χ0) is 20.4. The molecule has 0 saturated carbocycles. The maximum absolute atomic E-state index is 13.0. The number of hydrogen-bond donors (Lipinski definition) is 1. The summed E-state index contributed by atoms with van der Waals surface area (Å²) in [5.74, 6) is -0.444. The highest BCUT2D eigenvalue weighted by Crippen LogP contribution is 2.25. The van der Waals surface area contributed by atoms with Crippen molar-refractivity contribution in [1.29, 1.82) is 0 Å². The van der Waals surface area contributed by atoms with Gasteiger partial charge in [0.1, 0.15) is 0 Å². The van der Waals surface area contributed by atoms with Crippen molar-refractivity contribution in [3.63, 3.8) is 0 Å². The van der Waals surface area contributed by atoms with E-state index in [1.165, 1.54) is 12.5 Å². The predicted octanol–water partition coefficient (Wildman–Crippen LogP) is 1.13. The highest BCUT2D eigenvalue weighted by Gasteiger charge is 2.40. The Morgan fingerprint density at radius 1 is 1.10 bits per heavy atom. The van der Waals surface area contributed by atoms with Crippen LogP contribution in [0, 0.1) is 0 Å². The Labute approximate surface area is 170 Å². The Hall–Kier alpha value is -2.77. The van der Waals surface area contributed by atoms with Gasteiger partial charge in [-0.15, -0.1) is 0 Å². The van der Waals surface area contributed by atoms with Crippen molar-refractivity contribution in [2.75, 3.05) is 32.7 Å². The topological polar surface area (TPSA) is 77.0 Å². The van der Waals surface area contributed by atoms with E-state index in [4.69, 9.17) is 0 Å². The van der Waals surface area contributed by atoms with Gasteiger partial charge in [-0.2, -0.15) is 0 Å². The maximum atomic E-state index is 13.0. The number of aromatic nitrogens is 1. The zero-order valence-electron chi connectivity index (χ0n) is 16.6. The lowest BCUT2D eigenvalue weighted by molar-refractivity contribution is -0.152. The molecule has 0 aliphatic carbocycles. The molecule has 1 aromatic carbocycles. The molecule has 1 N–H and O–H groups in total. The lowest BCUT2D eigenvalue weighted by Gasteiger charge is -2.39. The number of amides is 2. The summed E-state index contributed by atoms with van der Waals surface area (Å²) in [6.07, 6.45) is 3.56. The fourth-order valence-corrected chi connectivity index (χ4v) is 4.08. The molecule has 1 saturated heterocycles. The number of aliphatic hydroxyl groups is 1. The van der Waals surface area contributed by atoms with E-state index in [9.17, 15) is 14.7 Å². The van der Waals surface area contributed by atoms with Gasteiger partial charge < -0.3 is 14.9 Å². The summed E-state index contributed by atoms with van der Waals surface area (Å²) in [6, 6.07) is 11.4. The molecule has 2 amide bonds. The Balaban J connectivity index is 1.33. The molecular formula is C22H26N4O3. The molecule has 1 unspecified atom stereocenters. The minimum atomic E-state index is -1.61. The second-order valence-corrected chi connectivity index (χ2v) is 8.02. The van der Waals surface area contributed by atoms with Gasteiger partial charge in [0.2, 0.25) is 0 Å². The summed E-state index contributed by atoms with van der Waals surface area (Å²) in [5.41, 5.74) is 1.18. The maximum Gasteiger partial charge on any atom is 0.256 e. The average molecular weight is 394 g/mol. The SMILES string of the molecule is CC(O)(CN1Cc2ccccc2C1=O)C(=O)N1CCN(Cc2ccncc2)CC1. The first-order valence-corrected chi connectivity index (χ1v) is 9.94. The summed E-state index contributed by atoms with van der Waals surface area (Å²) in [5, 5.41) is 10.9. The minimum Gasteiger partial charge on any atom is -0.378 e. The Bertz CT molecular complexity index is 892. The molecule has 7 heteroatoms. The van der Waals surface area contributed by atoms with Gasteiger partial charge in [-0.1, -0.05) is 18.2 Å². The molecule has 2 aliphatic rings.